The minimum absolute atomic E-state index is 0.0997. The van der Waals surface area contributed by atoms with Gasteiger partial charge in [-0.15, -0.1) is 0 Å². The third-order valence-electron chi connectivity index (χ3n) is 4.08. The molecule has 4 unspecified atom stereocenters. The summed E-state index contributed by atoms with van der Waals surface area (Å²) in [7, 11) is 0. The highest BCUT2D eigenvalue weighted by molar-refractivity contribution is 4.81. The minimum atomic E-state index is -2.37. The van der Waals surface area contributed by atoms with Crippen molar-refractivity contribution in [3.63, 3.8) is 0 Å². The number of alkyl halides is 2. The molecule has 2 nitrogen and oxygen atoms in total. The van der Waals surface area contributed by atoms with Crippen LogP contribution in [-0.4, -0.2) is 25.7 Å². The first-order valence-electron chi connectivity index (χ1n) is 6.62. The van der Waals surface area contributed by atoms with E-state index in [-0.39, 0.29) is 6.04 Å². The normalized spacial score (nSPS) is 31.8. The van der Waals surface area contributed by atoms with Crippen molar-refractivity contribution in [1.82, 2.24) is 0 Å². The fourth-order valence-corrected chi connectivity index (χ4v) is 2.61. The molecule has 1 aliphatic carbocycles. The molecule has 0 aromatic heterocycles. The van der Waals surface area contributed by atoms with Crippen molar-refractivity contribution in [2.75, 3.05) is 13.2 Å². The summed E-state index contributed by atoms with van der Waals surface area (Å²) in [6.07, 6.45) is 1.89. The predicted octanol–water partition coefficient (Wildman–Crippen LogP) is 3.06. The zero-order valence-corrected chi connectivity index (χ0v) is 10.9. The molecular weight excluding hydrogens is 224 g/mol. The van der Waals surface area contributed by atoms with Crippen molar-refractivity contribution in [3.8, 4) is 0 Å². The Morgan fingerprint density at radius 1 is 1.24 bits per heavy atom. The summed E-state index contributed by atoms with van der Waals surface area (Å²) in [5.74, 6) is 2.05. The summed E-state index contributed by atoms with van der Waals surface area (Å²) >= 11 is 0. The summed E-state index contributed by atoms with van der Waals surface area (Å²) in [5, 5.41) is 0. The van der Waals surface area contributed by atoms with Crippen LogP contribution >= 0.6 is 0 Å². The Hall–Kier alpha value is -0.220. The first kappa shape index (κ1) is 14.8. The second-order valence-corrected chi connectivity index (χ2v) is 5.45. The average Bonchev–Trinajstić information content (AvgIpc) is 2.27. The molecule has 0 bridgehead atoms. The molecule has 0 radical (unpaired) electrons. The third kappa shape index (κ3) is 5.30. The van der Waals surface area contributed by atoms with E-state index in [4.69, 9.17) is 10.5 Å². The van der Waals surface area contributed by atoms with Crippen molar-refractivity contribution in [3.05, 3.63) is 0 Å². The zero-order chi connectivity index (χ0) is 12.8. The number of ether oxygens (including phenoxy) is 1. The van der Waals surface area contributed by atoms with Crippen LogP contribution in [0.3, 0.4) is 0 Å². The molecule has 2 N–H and O–H groups in total. The molecule has 1 fully saturated rings. The molecule has 0 saturated heterocycles. The quantitative estimate of drug-likeness (QED) is 0.734. The van der Waals surface area contributed by atoms with Gasteiger partial charge in [-0.25, -0.2) is 8.78 Å². The highest BCUT2D eigenvalue weighted by Gasteiger charge is 2.28. The Bertz CT molecular complexity index is 214. The van der Waals surface area contributed by atoms with Gasteiger partial charge in [0.2, 0.25) is 0 Å². The molecule has 1 saturated carbocycles. The summed E-state index contributed by atoms with van der Waals surface area (Å²) in [6, 6.07) is 0.0997. The van der Waals surface area contributed by atoms with Gasteiger partial charge in [-0.1, -0.05) is 20.3 Å². The molecule has 1 rings (SSSR count). The molecule has 4 heteroatoms. The third-order valence-corrected chi connectivity index (χ3v) is 4.08. The maximum atomic E-state index is 11.9. The van der Waals surface area contributed by atoms with Gasteiger partial charge in [-0.3, -0.25) is 0 Å². The SMILES string of the molecule is CC1CCC(C(N)CCOCC(F)F)CC1C. The number of rotatable bonds is 6. The van der Waals surface area contributed by atoms with Crippen LogP contribution in [-0.2, 0) is 4.74 Å². The van der Waals surface area contributed by atoms with E-state index in [1.807, 2.05) is 0 Å². The summed E-state index contributed by atoms with van der Waals surface area (Å²) in [6.45, 7) is 4.45. The molecule has 0 aliphatic heterocycles. The summed E-state index contributed by atoms with van der Waals surface area (Å²) in [4.78, 5) is 0. The summed E-state index contributed by atoms with van der Waals surface area (Å²) < 4.78 is 28.6. The van der Waals surface area contributed by atoms with Crippen molar-refractivity contribution in [1.29, 1.82) is 0 Å². The Labute approximate surface area is 103 Å². The lowest BCUT2D eigenvalue weighted by molar-refractivity contribution is 0.0127. The van der Waals surface area contributed by atoms with Crippen LogP contribution in [0.1, 0.15) is 39.5 Å². The first-order chi connectivity index (χ1) is 8.00. The highest BCUT2D eigenvalue weighted by Crippen LogP contribution is 2.35. The van der Waals surface area contributed by atoms with Gasteiger partial charge in [0.05, 0.1) is 0 Å². The van der Waals surface area contributed by atoms with Crippen LogP contribution < -0.4 is 5.73 Å². The lowest BCUT2D eigenvalue weighted by Gasteiger charge is -2.35. The number of nitrogens with two attached hydrogens (primary N) is 1. The smallest absolute Gasteiger partial charge is 0.261 e. The lowest BCUT2D eigenvalue weighted by atomic mass is 9.73. The van der Waals surface area contributed by atoms with Crippen molar-refractivity contribution in [2.24, 2.45) is 23.5 Å². The fourth-order valence-electron chi connectivity index (χ4n) is 2.61. The summed E-state index contributed by atoms with van der Waals surface area (Å²) in [5.41, 5.74) is 6.11. The van der Waals surface area contributed by atoms with Crippen molar-refractivity contribution >= 4 is 0 Å². The maximum absolute atomic E-state index is 11.9. The van der Waals surface area contributed by atoms with E-state index in [9.17, 15) is 8.78 Å². The van der Waals surface area contributed by atoms with Gasteiger partial charge in [0.15, 0.2) is 0 Å². The molecule has 0 spiro atoms. The van der Waals surface area contributed by atoms with Gasteiger partial charge in [-0.2, -0.15) is 0 Å². The molecule has 0 aromatic rings. The second-order valence-electron chi connectivity index (χ2n) is 5.45. The van der Waals surface area contributed by atoms with Crippen LogP contribution in [0.5, 0.6) is 0 Å². The average molecular weight is 249 g/mol. The number of hydrogen-bond donors (Lipinski definition) is 1. The highest BCUT2D eigenvalue weighted by atomic mass is 19.3. The van der Waals surface area contributed by atoms with Crippen LogP contribution in [0, 0.1) is 17.8 Å². The van der Waals surface area contributed by atoms with Crippen LogP contribution in [0.15, 0.2) is 0 Å². The Morgan fingerprint density at radius 3 is 2.53 bits per heavy atom. The number of halogens is 2. The van der Waals surface area contributed by atoms with E-state index in [0.717, 1.165) is 18.3 Å². The molecule has 1 aliphatic rings. The molecule has 17 heavy (non-hydrogen) atoms. The predicted molar refractivity (Wildman–Crippen MR) is 65.1 cm³/mol. The molecule has 0 amide bonds. The molecule has 0 heterocycles. The standard InChI is InChI=1S/C13H25F2NO/c1-9-3-4-11(7-10(9)2)12(16)5-6-17-8-13(14)15/h9-13H,3-8,16H2,1-2H3. The zero-order valence-electron chi connectivity index (χ0n) is 10.9. The van der Waals surface area contributed by atoms with E-state index < -0.39 is 13.0 Å². The monoisotopic (exact) mass is 249 g/mol. The Balaban J connectivity index is 2.17. The van der Waals surface area contributed by atoms with Gasteiger partial charge in [0.25, 0.3) is 6.43 Å². The topological polar surface area (TPSA) is 35.2 Å². The van der Waals surface area contributed by atoms with E-state index in [0.29, 0.717) is 18.9 Å². The van der Waals surface area contributed by atoms with E-state index >= 15 is 0 Å². The number of hydrogen-bond acceptors (Lipinski definition) is 2. The van der Waals surface area contributed by atoms with E-state index in [1.165, 1.54) is 12.8 Å². The van der Waals surface area contributed by atoms with E-state index in [2.05, 4.69) is 13.8 Å². The van der Waals surface area contributed by atoms with Gasteiger partial charge >= 0.3 is 0 Å². The minimum Gasteiger partial charge on any atom is -0.375 e. The lowest BCUT2D eigenvalue weighted by Crippen LogP contribution is -2.36. The van der Waals surface area contributed by atoms with Gasteiger partial charge < -0.3 is 10.5 Å². The van der Waals surface area contributed by atoms with Crippen LogP contribution in [0.25, 0.3) is 0 Å². The molecular formula is C13H25F2NO. The van der Waals surface area contributed by atoms with E-state index in [1.54, 1.807) is 0 Å². The van der Waals surface area contributed by atoms with Crippen LogP contribution in [0.2, 0.25) is 0 Å². The van der Waals surface area contributed by atoms with Gasteiger partial charge in [0.1, 0.15) is 6.61 Å². The van der Waals surface area contributed by atoms with Gasteiger partial charge in [-0.05, 0) is 37.0 Å². The molecule has 102 valence electrons. The fraction of sp³-hybridized carbons (Fsp3) is 1.00. The van der Waals surface area contributed by atoms with Crippen molar-refractivity contribution < 1.29 is 13.5 Å². The molecule has 4 atom stereocenters. The second kappa shape index (κ2) is 7.27. The van der Waals surface area contributed by atoms with Crippen LogP contribution in [0.4, 0.5) is 8.78 Å². The van der Waals surface area contributed by atoms with Crippen molar-refractivity contribution in [2.45, 2.75) is 52.0 Å². The Morgan fingerprint density at radius 2 is 1.94 bits per heavy atom. The maximum Gasteiger partial charge on any atom is 0.261 e. The molecule has 0 aromatic carbocycles. The first-order valence-corrected chi connectivity index (χ1v) is 6.62. The Kier molecular flexibility index (Phi) is 6.34. The van der Waals surface area contributed by atoms with Gasteiger partial charge in [0, 0.05) is 12.6 Å². The largest absolute Gasteiger partial charge is 0.375 e.